The molecule has 166 valence electrons. The van der Waals surface area contributed by atoms with Gasteiger partial charge in [-0.1, -0.05) is 19.1 Å². The lowest BCUT2D eigenvalue weighted by atomic mass is 9.49. The van der Waals surface area contributed by atoms with Gasteiger partial charge in [-0.2, -0.15) is 0 Å². The molecule has 0 saturated heterocycles. The molecule has 4 fully saturated rings. The van der Waals surface area contributed by atoms with E-state index >= 15 is 0 Å². The molecule has 1 heterocycles. The normalized spacial score (nSPS) is 42.3. The van der Waals surface area contributed by atoms with Gasteiger partial charge in [0.1, 0.15) is 0 Å². The van der Waals surface area contributed by atoms with E-state index in [0.717, 1.165) is 47.1 Å². The molecule has 0 spiro atoms. The number of pyridine rings is 1. The van der Waals surface area contributed by atoms with Crippen LogP contribution in [0.15, 0.2) is 36.5 Å². The van der Waals surface area contributed by atoms with E-state index in [2.05, 4.69) is 61.2 Å². The van der Waals surface area contributed by atoms with Crippen LogP contribution in [-0.4, -0.2) is 30.0 Å². The summed E-state index contributed by atoms with van der Waals surface area (Å²) in [7, 11) is 4.59. The number of rotatable bonds is 2. The number of fused-ring (bicyclic) bond motifs is 6. The predicted molar refractivity (Wildman–Crippen MR) is 129 cm³/mol. The minimum absolute atomic E-state index is 0.505. The summed E-state index contributed by atoms with van der Waals surface area (Å²) >= 11 is 0. The Hall–Kier alpha value is -1.41. The van der Waals surface area contributed by atoms with Crippen LogP contribution in [0.2, 0.25) is 0 Å². The van der Waals surface area contributed by atoms with Gasteiger partial charge in [0.25, 0.3) is 0 Å². The molecule has 0 aliphatic heterocycles. The highest BCUT2D eigenvalue weighted by molar-refractivity contribution is 5.79. The molecule has 4 aliphatic carbocycles. The number of benzene rings is 1. The Bertz CT molecular complexity index is 951. The summed E-state index contributed by atoms with van der Waals surface area (Å²) in [4.78, 5) is 7.05. The molecule has 0 bridgehead atoms. The molecule has 4 aliphatic rings. The Morgan fingerprint density at radius 1 is 0.903 bits per heavy atom. The van der Waals surface area contributed by atoms with Crippen molar-refractivity contribution in [1.82, 2.24) is 9.88 Å². The van der Waals surface area contributed by atoms with Crippen LogP contribution in [0.4, 0.5) is 0 Å². The lowest BCUT2D eigenvalue weighted by molar-refractivity contribution is -0.0624. The van der Waals surface area contributed by atoms with Crippen LogP contribution in [0.25, 0.3) is 10.9 Å². The first kappa shape index (κ1) is 20.2. The van der Waals surface area contributed by atoms with Crippen LogP contribution in [0.1, 0.15) is 76.2 Å². The lowest BCUT2D eigenvalue weighted by Crippen LogP contribution is -2.49. The molecule has 0 N–H and O–H groups in total. The van der Waals surface area contributed by atoms with Gasteiger partial charge in [0.15, 0.2) is 0 Å². The Morgan fingerprint density at radius 3 is 2.65 bits per heavy atom. The lowest BCUT2D eigenvalue weighted by Gasteiger charge is -2.56. The molecular formula is C29H40N2. The zero-order valence-corrected chi connectivity index (χ0v) is 19.8. The third-order valence-electron chi connectivity index (χ3n) is 10.7. The van der Waals surface area contributed by atoms with Gasteiger partial charge in [0.05, 0.1) is 5.52 Å². The standard InChI is InChI=1S/C29H40N2/c1-29-15-14-24-23-10-8-22(31(2)3)18-19(23)6-9-25(24)27(29)12-11-26(29)20-7-13-28-21(17-20)5-4-16-30-28/h4-5,7,13,16-17,19,22-27H,6,8-12,14-15,18H2,1-3H3/t19-,22-,23-,24+,25+,26+,27-,29+/m0/s1. The van der Waals surface area contributed by atoms with Gasteiger partial charge in [-0.3, -0.25) is 4.98 Å². The quantitative estimate of drug-likeness (QED) is 0.529. The van der Waals surface area contributed by atoms with Crippen molar-refractivity contribution in [3.05, 3.63) is 42.1 Å². The van der Waals surface area contributed by atoms with E-state index in [1.165, 1.54) is 63.2 Å². The molecule has 1 aromatic carbocycles. The zero-order valence-electron chi connectivity index (χ0n) is 19.8. The Morgan fingerprint density at radius 2 is 1.77 bits per heavy atom. The van der Waals surface area contributed by atoms with E-state index in [1.54, 1.807) is 5.56 Å². The topological polar surface area (TPSA) is 16.1 Å². The molecule has 8 atom stereocenters. The van der Waals surface area contributed by atoms with Crippen LogP contribution in [0, 0.1) is 35.0 Å². The summed E-state index contributed by atoms with van der Waals surface area (Å²) < 4.78 is 0. The monoisotopic (exact) mass is 416 g/mol. The van der Waals surface area contributed by atoms with Crippen LogP contribution >= 0.6 is 0 Å². The van der Waals surface area contributed by atoms with Crippen molar-refractivity contribution in [3.8, 4) is 0 Å². The third-order valence-corrected chi connectivity index (χ3v) is 10.7. The second-order valence-corrected chi connectivity index (χ2v) is 12.0. The van der Waals surface area contributed by atoms with Gasteiger partial charge >= 0.3 is 0 Å². The van der Waals surface area contributed by atoms with E-state index in [0.29, 0.717) is 5.41 Å². The van der Waals surface area contributed by atoms with Crippen molar-refractivity contribution < 1.29 is 0 Å². The molecule has 0 unspecified atom stereocenters. The van der Waals surface area contributed by atoms with Crippen molar-refractivity contribution in [1.29, 1.82) is 0 Å². The molecule has 1 aromatic heterocycles. The highest BCUT2D eigenvalue weighted by atomic mass is 15.1. The fourth-order valence-electron chi connectivity index (χ4n) is 9.16. The minimum atomic E-state index is 0.505. The molecule has 2 heteroatoms. The summed E-state index contributed by atoms with van der Waals surface area (Å²) in [5, 5.41) is 1.32. The van der Waals surface area contributed by atoms with Gasteiger partial charge in [0, 0.05) is 17.6 Å². The maximum absolute atomic E-state index is 4.55. The molecule has 4 saturated carbocycles. The molecule has 2 aromatic rings. The Labute approximate surface area is 188 Å². The summed E-state index contributed by atoms with van der Waals surface area (Å²) in [5.41, 5.74) is 3.23. The molecule has 0 radical (unpaired) electrons. The van der Waals surface area contributed by atoms with E-state index in [1.807, 2.05) is 6.20 Å². The molecular weight excluding hydrogens is 376 g/mol. The summed E-state index contributed by atoms with van der Waals surface area (Å²) in [6.07, 6.45) is 15.2. The second kappa shape index (κ2) is 7.58. The molecule has 0 amide bonds. The zero-order chi connectivity index (χ0) is 21.2. The summed E-state index contributed by atoms with van der Waals surface area (Å²) in [6, 6.07) is 12.3. The van der Waals surface area contributed by atoms with Crippen LogP contribution in [-0.2, 0) is 0 Å². The van der Waals surface area contributed by atoms with Crippen LogP contribution in [0.5, 0.6) is 0 Å². The fraction of sp³-hybridized carbons (Fsp3) is 0.690. The summed E-state index contributed by atoms with van der Waals surface area (Å²) in [5.74, 6) is 5.77. The number of hydrogen-bond acceptors (Lipinski definition) is 2. The third kappa shape index (κ3) is 3.19. The van der Waals surface area contributed by atoms with Gasteiger partial charge in [-0.25, -0.2) is 0 Å². The first-order chi connectivity index (χ1) is 15.0. The second-order valence-electron chi connectivity index (χ2n) is 12.0. The highest BCUT2D eigenvalue weighted by Gasteiger charge is 2.57. The Balaban J connectivity index is 1.24. The Kier molecular flexibility index (Phi) is 4.94. The first-order valence-electron chi connectivity index (χ1n) is 13.1. The van der Waals surface area contributed by atoms with E-state index < -0.39 is 0 Å². The van der Waals surface area contributed by atoms with Crippen LogP contribution in [0.3, 0.4) is 0 Å². The average Bonchev–Trinajstić information content (AvgIpc) is 3.15. The smallest absolute Gasteiger partial charge is 0.0702 e. The maximum Gasteiger partial charge on any atom is 0.0702 e. The number of aromatic nitrogens is 1. The van der Waals surface area contributed by atoms with Gasteiger partial charge in [0.2, 0.25) is 0 Å². The number of nitrogens with zero attached hydrogens (tertiary/aromatic N) is 2. The van der Waals surface area contributed by atoms with Gasteiger partial charge in [-0.05, 0) is 137 Å². The maximum atomic E-state index is 4.55. The van der Waals surface area contributed by atoms with Gasteiger partial charge < -0.3 is 4.90 Å². The number of hydrogen-bond donors (Lipinski definition) is 0. The predicted octanol–water partition coefficient (Wildman–Crippen LogP) is 6.90. The van der Waals surface area contributed by atoms with Crippen molar-refractivity contribution >= 4 is 10.9 Å². The van der Waals surface area contributed by atoms with E-state index in [-0.39, 0.29) is 0 Å². The van der Waals surface area contributed by atoms with Crippen molar-refractivity contribution in [2.45, 2.75) is 76.7 Å². The van der Waals surface area contributed by atoms with E-state index in [4.69, 9.17) is 0 Å². The average molecular weight is 417 g/mol. The SMILES string of the molecule is CN(C)[C@H]1CC[C@H]2[C@@H](CC[C@@H]3[C@@H]2CC[C@]2(C)[C@@H](c4ccc5ncccc5c4)CC[C@@H]32)C1. The van der Waals surface area contributed by atoms with Crippen molar-refractivity contribution in [2.75, 3.05) is 14.1 Å². The first-order valence-corrected chi connectivity index (χ1v) is 13.1. The summed E-state index contributed by atoms with van der Waals surface area (Å²) in [6.45, 7) is 2.67. The van der Waals surface area contributed by atoms with Gasteiger partial charge in [-0.15, -0.1) is 0 Å². The molecule has 31 heavy (non-hydrogen) atoms. The molecule has 2 nitrogen and oxygen atoms in total. The van der Waals surface area contributed by atoms with E-state index in [9.17, 15) is 0 Å². The van der Waals surface area contributed by atoms with Crippen LogP contribution < -0.4 is 0 Å². The molecule has 6 rings (SSSR count). The minimum Gasteiger partial charge on any atom is -0.306 e. The fourth-order valence-corrected chi connectivity index (χ4v) is 9.16. The largest absolute Gasteiger partial charge is 0.306 e. The van der Waals surface area contributed by atoms with Crippen molar-refractivity contribution in [3.63, 3.8) is 0 Å². The highest BCUT2D eigenvalue weighted by Crippen LogP contribution is 2.66. The van der Waals surface area contributed by atoms with Crippen molar-refractivity contribution in [2.24, 2.45) is 35.0 Å².